The Morgan fingerprint density at radius 1 is 1.16 bits per heavy atom. The van der Waals surface area contributed by atoms with Gasteiger partial charge in [0.1, 0.15) is 0 Å². The molecule has 2 heterocycles. The number of aromatic nitrogens is 1. The Hall–Kier alpha value is -2.40. The van der Waals surface area contributed by atoms with Crippen molar-refractivity contribution in [2.45, 2.75) is 72.5 Å². The monoisotopic (exact) mass is 424 g/mol. The van der Waals surface area contributed by atoms with Gasteiger partial charge in [-0.25, -0.2) is 4.79 Å². The Kier molecular flexibility index (Phi) is 7.71. The summed E-state index contributed by atoms with van der Waals surface area (Å²) in [7, 11) is 1.39. The highest BCUT2D eigenvalue weighted by Gasteiger charge is 2.26. The highest BCUT2D eigenvalue weighted by Crippen LogP contribution is 2.26. The van der Waals surface area contributed by atoms with Crippen LogP contribution in [0.25, 0.3) is 0 Å². The molecule has 1 aliphatic rings. The number of nitrogens with zero attached hydrogens (tertiary/aromatic N) is 2. The first-order chi connectivity index (χ1) is 14.8. The molecule has 5 heteroatoms. The van der Waals surface area contributed by atoms with Crippen LogP contribution in [0.5, 0.6) is 0 Å². The Labute approximate surface area is 186 Å². The fraction of sp³-hybridized carbons (Fsp3) is 0.538. The Balaban J connectivity index is 1.81. The third kappa shape index (κ3) is 5.65. The van der Waals surface area contributed by atoms with Crippen LogP contribution in [0.4, 0.5) is 0 Å². The maximum absolute atomic E-state index is 13.1. The van der Waals surface area contributed by atoms with E-state index in [1.165, 1.54) is 31.9 Å². The predicted octanol–water partition coefficient (Wildman–Crippen LogP) is 4.50. The van der Waals surface area contributed by atoms with E-state index in [-0.39, 0.29) is 11.5 Å². The van der Waals surface area contributed by atoms with E-state index >= 15 is 0 Å². The number of pyridine rings is 1. The molecule has 0 unspecified atom stereocenters. The highest BCUT2D eigenvalue weighted by molar-refractivity contribution is 5.89. The molecule has 1 aromatic carbocycles. The summed E-state index contributed by atoms with van der Waals surface area (Å²) < 4.78 is 6.75. The summed E-state index contributed by atoms with van der Waals surface area (Å²) in [4.78, 5) is 27.3. The van der Waals surface area contributed by atoms with E-state index < -0.39 is 0 Å². The van der Waals surface area contributed by atoms with Crippen LogP contribution in [-0.4, -0.2) is 35.1 Å². The summed E-state index contributed by atoms with van der Waals surface area (Å²) in [5, 5.41) is 0. The summed E-state index contributed by atoms with van der Waals surface area (Å²) in [5.74, 6) is 0.348. The lowest BCUT2D eigenvalue weighted by Crippen LogP contribution is -2.35. The summed E-state index contributed by atoms with van der Waals surface area (Å²) in [6.45, 7) is 11.2. The molecule has 0 N–H and O–H groups in total. The maximum atomic E-state index is 13.1. The zero-order chi connectivity index (χ0) is 22.5. The first-order valence-corrected chi connectivity index (χ1v) is 11.4. The number of carbonyl (C=O) groups excluding carboxylic acids is 1. The van der Waals surface area contributed by atoms with Crippen molar-refractivity contribution in [2.75, 3.05) is 13.7 Å². The molecule has 1 fully saturated rings. The average Bonchev–Trinajstić information content (AvgIpc) is 3.17. The molecular formula is C26H36N2O3. The van der Waals surface area contributed by atoms with E-state index in [1.807, 2.05) is 29.7 Å². The maximum Gasteiger partial charge on any atom is 0.337 e. The van der Waals surface area contributed by atoms with Crippen LogP contribution in [-0.2, 0) is 24.2 Å². The van der Waals surface area contributed by atoms with Gasteiger partial charge in [0.2, 0.25) is 0 Å². The third-order valence-electron chi connectivity index (χ3n) is 6.39. The molecule has 168 valence electrons. The quantitative estimate of drug-likeness (QED) is 0.585. The van der Waals surface area contributed by atoms with Gasteiger partial charge in [-0.2, -0.15) is 0 Å². The zero-order valence-corrected chi connectivity index (χ0v) is 19.6. The van der Waals surface area contributed by atoms with Crippen LogP contribution < -0.4 is 5.56 Å². The van der Waals surface area contributed by atoms with Crippen molar-refractivity contribution in [1.29, 1.82) is 0 Å². The minimum atomic E-state index is -0.332. The predicted molar refractivity (Wildman–Crippen MR) is 125 cm³/mol. The lowest BCUT2D eigenvalue weighted by Gasteiger charge is -2.28. The molecule has 2 aromatic rings. The topological polar surface area (TPSA) is 51.5 Å². The van der Waals surface area contributed by atoms with Crippen LogP contribution in [0.2, 0.25) is 0 Å². The van der Waals surface area contributed by atoms with Gasteiger partial charge in [0.05, 0.1) is 12.7 Å². The number of carbonyl (C=O) groups is 1. The van der Waals surface area contributed by atoms with Crippen molar-refractivity contribution in [3.63, 3.8) is 0 Å². The normalized spacial score (nSPS) is 16.8. The van der Waals surface area contributed by atoms with Gasteiger partial charge < -0.3 is 9.30 Å². The number of methoxy groups -OCH3 is 1. The number of rotatable bonds is 8. The molecule has 1 atom stereocenters. The summed E-state index contributed by atoms with van der Waals surface area (Å²) in [6.07, 6.45) is 4.44. The van der Waals surface area contributed by atoms with E-state index in [0.29, 0.717) is 24.1 Å². The van der Waals surface area contributed by atoms with Crippen LogP contribution in [0.3, 0.4) is 0 Å². The van der Waals surface area contributed by atoms with Crippen LogP contribution in [0.1, 0.15) is 65.9 Å². The molecule has 0 saturated carbocycles. The van der Waals surface area contributed by atoms with Crippen LogP contribution in [0, 0.1) is 19.8 Å². The number of esters is 1. The molecular weight excluding hydrogens is 388 g/mol. The van der Waals surface area contributed by atoms with Gasteiger partial charge in [0, 0.05) is 30.4 Å². The van der Waals surface area contributed by atoms with Crippen molar-refractivity contribution in [3.8, 4) is 0 Å². The summed E-state index contributed by atoms with van der Waals surface area (Å²) in [6, 6.07) is 10.1. The molecule has 1 aliphatic heterocycles. The minimum Gasteiger partial charge on any atom is -0.465 e. The number of ether oxygens (including phenoxy) is 1. The third-order valence-corrected chi connectivity index (χ3v) is 6.39. The Morgan fingerprint density at radius 2 is 1.87 bits per heavy atom. The summed E-state index contributed by atoms with van der Waals surface area (Å²) in [5.41, 5.74) is 4.86. The first kappa shape index (κ1) is 23.3. The van der Waals surface area contributed by atoms with Gasteiger partial charge >= 0.3 is 5.97 Å². The fourth-order valence-corrected chi connectivity index (χ4v) is 4.74. The second kappa shape index (κ2) is 10.3. The van der Waals surface area contributed by atoms with Gasteiger partial charge in [0.15, 0.2) is 0 Å². The van der Waals surface area contributed by atoms with Gasteiger partial charge in [0.25, 0.3) is 5.56 Å². The van der Waals surface area contributed by atoms with Crippen molar-refractivity contribution >= 4 is 5.97 Å². The van der Waals surface area contributed by atoms with Gasteiger partial charge in [-0.1, -0.05) is 26.0 Å². The largest absolute Gasteiger partial charge is 0.465 e. The Morgan fingerprint density at radius 3 is 2.52 bits per heavy atom. The van der Waals surface area contributed by atoms with E-state index in [2.05, 4.69) is 25.7 Å². The van der Waals surface area contributed by atoms with Crippen molar-refractivity contribution < 1.29 is 9.53 Å². The summed E-state index contributed by atoms with van der Waals surface area (Å²) >= 11 is 0. The lowest BCUT2D eigenvalue weighted by atomic mass is 10.0. The van der Waals surface area contributed by atoms with E-state index in [9.17, 15) is 9.59 Å². The molecule has 0 aliphatic carbocycles. The Bertz CT molecular complexity index is 960. The van der Waals surface area contributed by atoms with E-state index in [0.717, 1.165) is 36.3 Å². The molecule has 1 aromatic heterocycles. The number of benzene rings is 1. The molecule has 31 heavy (non-hydrogen) atoms. The molecule has 5 nitrogen and oxygen atoms in total. The second-order valence-corrected chi connectivity index (χ2v) is 9.25. The smallest absolute Gasteiger partial charge is 0.337 e. The SMILES string of the molecule is COC(=O)c1ccc(CCn2c(CN3CCC[C@@H]3CC(C)C)c(C)cc(C)c2=O)cc1. The lowest BCUT2D eigenvalue weighted by molar-refractivity contribution is 0.0600. The van der Waals surface area contributed by atoms with Gasteiger partial charge in [-0.15, -0.1) is 0 Å². The second-order valence-electron chi connectivity index (χ2n) is 9.25. The minimum absolute atomic E-state index is 0.103. The molecule has 0 radical (unpaired) electrons. The zero-order valence-electron chi connectivity index (χ0n) is 19.6. The molecule has 1 saturated heterocycles. The number of hydrogen-bond donors (Lipinski definition) is 0. The van der Waals surface area contributed by atoms with Gasteiger partial charge in [-0.3, -0.25) is 9.69 Å². The molecule has 0 spiro atoms. The number of hydrogen-bond acceptors (Lipinski definition) is 4. The first-order valence-electron chi connectivity index (χ1n) is 11.4. The van der Waals surface area contributed by atoms with E-state index in [4.69, 9.17) is 4.74 Å². The van der Waals surface area contributed by atoms with E-state index in [1.54, 1.807) is 12.1 Å². The number of aryl methyl sites for hydroxylation is 3. The van der Waals surface area contributed by atoms with Gasteiger partial charge in [-0.05, 0) is 81.3 Å². The molecule has 0 bridgehead atoms. The fourth-order valence-electron chi connectivity index (χ4n) is 4.74. The molecule has 3 rings (SSSR count). The van der Waals surface area contributed by atoms with Crippen molar-refractivity contribution in [1.82, 2.24) is 9.47 Å². The average molecular weight is 425 g/mol. The van der Waals surface area contributed by atoms with Crippen LogP contribution >= 0.6 is 0 Å². The molecule has 0 amide bonds. The standard InChI is InChI=1S/C26H36N2O3/c1-18(2)15-23-7-6-13-27(23)17-24-19(3)16-20(4)25(29)28(24)14-12-21-8-10-22(11-9-21)26(30)31-5/h8-11,16,18,23H,6-7,12-15,17H2,1-5H3/t23-/m1/s1. The highest BCUT2D eigenvalue weighted by atomic mass is 16.5. The van der Waals surface area contributed by atoms with Crippen molar-refractivity contribution in [3.05, 3.63) is 68.6 Å². The number of likely N-dealkylation sites (tertiary alicyclic amines) is 1. The van der Waals surface area contributed by atoms with Crippen LogP contribution in [0.15, 0.2) is 35.1 Å². The van der Waals surface area contributed by atoms with Crippen molar-refractivity contribution in [2.24, 2.45) is 5.92 Å².